The Morgan fingerprint density at radius 2 is 1.89 bits per heavy atom. The zero-order valence-corrected chi connectivity index (χ0v) is 20.7. The molecule has 194 valence electrons. The van der Waals surface area contributed by atoms with Gasteiger partial charge < -0.3 is 15.4 Å². The van der Waals surface area contributed by atoms with Gasteiger partial charge in [-0.1, -0.05) is 13.8 Å². The fourth-order valence-corrected chi connectivity index (χ4v) is 4.82. The van der Waals surface area contributed by atoms with E-state index in [0.717, 1.165) is 35.7 Å². The number of benzene rings is 1. The van der Waals surface area contributed by atoms with Crippen molar-refractivity contribution in [1.29, 1.82) is 0 Å². The molecule has 0 saturated carbocycles. The molecular formula is C27H28F3N5O2. The van der Waals surface area contributed by atoms with Gasteiger partial charge in [-0.2, -0.15) is 13.2 Å². The lowest BCUT2D eigenvalue weighted by Crippen LogP contribution is -2.39. The number of nitrogens with one attached hydrogen (secondary N) is 2. The van der Waals surface area contributed by atoms with E-state index in [4.69, 9.17) is 4.74 Å². The summed E-state index contributed by atoms with van der Waals surface area (Å²) >= 11 is 0. The number of amides is 1. The first-order valence-electron chi connectivity index (χ1n) is 12.3. The summed E-state index contributed by atoms with van der Waals surface area (Å²) in [5, 5.41) is 5.49. The van der Waals surface area contributed by atoms with Crippen molar-refractivity contribution < 1.29 is 22.7 Å². The Labute approximate surface area is 212 Å². The van der Waals surface area contributed by atoms with E-state index in [9.17, 15) is 18.0 Å². The number of halogens is 3. The van der Waals surface area contributed by atoms with E-state index < -0.39 is 17.6 Å². The Morgan fingerprint density at radius 1 is 1.11 bits per heavy atom. The quantitative estimate of drug-likeness (QED) is 0.475. The smallest absolute Gasteiger partial charge is 0.381 e. The molecule has 1 amide bonds. The molecule has 5 rings (SSSR count). The SMILES string of the molecule is CC1(C)CCc2ncc(-c3ccnc(Nc4ccc(C(=O)NC5CCOCC5)cc4C(F)(F)F)n3)cc21. The summed E-state index contributed by atoms with van der Waals surface area (Å²) in [6, 6.07) is 7.08. The second kappa shape index (κ2) is 9.74. The Bertz CT molecular complexity index is 1320. The molecule has 0 unspecified atom stereocenters. The summed E-state index contributed by atoms with van der Waals surface area (Å²) in [5.74, 6) is -0.531. The molecule has 1 saturated heterocycles. The number of aromatic nitrogens is 3. The van der Waals surface area contributed by atoms with Crippen LogP contribution in [0.15, 0.2) is 42.7 Å². The maximum atomic E-state index is 14.0. The van der Waals surface area contributed by atoms with Crippen LogP contribution in [0.2, 0.25) is 0 Å². The molecule has 0 atom stereocenters. The highest BCUT2D eigenvalue weighted by Crippen LogP contribution is 2.39. The van der Waals surface area contributed by atoms with Crippen molar-refractivity contribution in [3.05, 3.63) is 65.1 Å². The van der Waals surface area contributed by atoms with Gasteiger partial charge >= 0.3 is 6.18 Å². The van der Waals surface area contributed by atoms with Crippen LogP contribution in [0.5, 0.6) is 0 Å². The van der Waals surface area contributed by atoms with E-state index in [0.29, 0.717) is 31.7 Å². The lowest BCUT2D eigenvalue weighted by molar-refractivity contribution is -0.136. The van der Waals surface area contributed by atoms with Gasteiger partial charge in [0.25, 0.3) is 5.91 Å². The minimum absolute atomic E-state index is 0.00681. The number of anilines is 2. The maximum Gasteiger partial charge on any atom is 0.418 e. The maximum absolute atomic E-state index is 14.0. The summed E-state index contributed by atoms with van der Waals surface area (Å²) in [5.41, 5.74) is 2.29. The average molecular weight is 512 g/mol. The van der Waals surface area contributed by atoms with Crippen LogP contribution in [-0.4, -0.2) is 40.1 Å². The van der Waals surface area contributed by atoms with Crippen molar-refractivity contribution >= 4 is 17.5 Å². The minimum Gasteiger partial charge on any atom is -0.381 e. The number of nitrogens with zero attached hydrogens (tertiary/aromatic N) is 3. The fraction of sp³-hybridized carbons (Fsp3) is 0.407. The Morgan fingerprint density at radius 3 is 2.65 bits per heavy atom. The third-order valence-corrected chi connectivity index (χ3v) is 7.03. The van der Waals surface area contributed by atoms with Crippen molar-refractivity contribution in [2.75, 3.05) is 18.5 Å². The summed E-state index contributed by atoms with van der Waals surface area (Å²) in [6.07, 6.45) is 1.72. The number of aryl methyl sites for hydroxylation is 1. The van der Waals surface area contributed by atoms with Crippen LogP contribution in [-0.2, 0) is 22.7 Å². The number of fused-ring (bicyclic) bond motifs is 1. The number of hydrogen-bond acceptors (Lipinski definition) is 6. The van der Waals surface area contributed by atoms with Crippen LogP contribution in [0.1, 0.15) is 60.3 Å². The Hall–Kier alpha value is -3.53. The summed E-state index contributed by atoms with van der Waals surface area (Å²) in [7, 11) is 0. The molecule has 0 radical (unpaired) electrons. The van der Waals surface area contributed by atoms with Crippen molar-refractivity contribution in [1.82, 2.24) is 20.3 Å². The number of carbonyl (C=O) groups is 1. The Balaban J connectivity index is 1.40. The molecule has 1 aromatic carbocycles. The topological polar surface area (TPSA) is 89.0 Å². The van der Waals surface area contributed by atoms with Crippen LogP contribution in [0.3, 0.4) is 0 Å². The molecule has 1 aliphatic heterocycles. The molecule has 2 aromatic heterocycles. The zero-order valence-electron chi connectivity index (χ0n) is 20.7. The number of pyridine rings is 1. The standard InChI is InChI=1S/C27H28F3N5O2/c1-26(2)9-5-22-19(26)14-17(15-32-22)21-6-10-31-25(34-21)35-23-4-3-16(13-20(23)27(28,29)30)24(36)33-18-7-11-37-12-8-18/h3-4,6,10,13-15,18H,5,7-9,11-12H2,1-2H3,(H,33,36)(H,31,34,35). The molecule has 2 aliphatic rings. The van der Waals surface area contributed by atoms with E-state index in [1.165, 1.54) is 18.3 Å². The van der Waals surface area contributed by atoms with Gasteiger partial charge in [-0.05, 0) is 67.0 Å². The first-order valence-corrected chi connectivity index (χ1v) is 12.3. The molecule has 0 spiro atoms. The van der Waals surface area contributed by atoms with Gasteiger partial charge in [0.1, 0.15) is 0 Å². The molecule has 37 heavy (non-hydrogen) atoms. The molecule has 1 aliphatic carbocycles. The normalized spacial score (nSPS) is 17.3. The van der Waals surface area contributed by atoms with Gasteiger partial charge in [-0.25, -0.2) is 9.97 Å². The van der Waals surface area contributed by atoms with Gasteiger partial charge in [-0.15, -0.1) is 0 Å². The number of carbonyl (C=O) groups excluding carboxylic acids is 1. The third kappa shape index (κ3) is 5.44. The predicted octanol–water partition coefficient (Wildman–Crippen LogP) is 5.43. The molecule has 1 fully saturated rings. The minimum atomic E-state index is -4.69. The lowest BCUT2D eigenvalue weighted by atomic mass is 9.86. The van der Waals surface area contributed by atoms with Crippen molar-refractivity contribution in [3.8, 4) is 11.3 Å². The lowest BCUT2D eigenvalue weighted by Gasteiger charge is -2.23. The van der Waals surface area contributed by atoms with Gasteiger partial charge in [0.05, 0.1) is 16.9 Å². The van der Waals surface area contributed by atoms with E-state index in [1.54, 1.807) is 12.3 Å². The summed E-state index contributed by atoms with van der Waals surface area (Å²) in [4.78, 5) is 25.8. The van der Waals surface area contributed by atoms with Crippen molar-refractivity contribution in [2.45, 2.75) is 57.2 Å². The largest absolute Gasteiger partial charge is 0.418 e. The van der Waals surface area contributed by atoms with E-state index in [2.05, 4.69) is 45.5 Å². The van der Waals surface area contributed by atoms with E-state index in [-0.39, 0.29) is 28.7 Å². The molecule has 10 heteroatoms. The van der Waals surface area contributed by atoms with Gasteiger partial charge in [0, 0.05) is 48.5 Å². The summed E-state index contributed by atoms with van der Waals surface area (Å²) < 4.78 is 47.1. The first-order chi connectivity index (χ1) is 17.6. The Kier molecular flexibility index (Phi) is 6.61. The first kappa shape index (κ1) is 25.1. The fourth-order valence-electron chi connectivity index (χ4n) is 4.82. The second-order valence-corrected chi connectivity index (χ2v) is 10.1. The number of rotatable bonds is 5. The summed E-state index contributed by atoms with van der Waals surface area (Å²) in [6.45, 7) is 5.37. The van der Waals surface area contributed by atoms with Gasteiger partial charge in [0.15, 0.2) is 0 Å². The molecular weight excluding hydrogens is 483 g/mol. The molecule has 0 bridgehead atoms. The zero-order chi connectivity index (χ0) is 26.2. The highest BCUT2D eigenvalue weighted by molar-refractivity contribution is 5.95. The third-order valence-electron chi connectivity index (χ3n) is 7.03. The van der Waals surface area contributed by atoms with Crippen LogP contribution in [0.25, 0.3) is 11.3 Å². The molecule has 3 aromatic rings. The van der Waals surface area contributed by atoms with E-state index in [1.807, 2.05) is 0 Å². The van der Waals surface area contributed by atoms with Gasteiger partial charge in [-0.3, -0.25) is 9.78 Å². The van der Waals surface area contributed by atoms with Crippen LogP contribution >= 0.6 is 0 Å². The monoisotopic (exact) mass is 511 g/mol. The molecule has 2 N–H and O–H groups in total. The molecule has 3 heterocycles. The number of hydrogen-bond donors (Lipinski definition) is 2. The van der Waals surface area contributed by atoms with Crippen LogP contribution in [0, 0.1) is 0 Å². The number of alkyl halides is 3. The highest BCUT2D eigenvalue weighted by Gasteiger charge is 2.35. The second-order valence-electron chi connectivity index (χ2n) is 10.1. The highest BCUT2D eigenvalue weighted by atomic mass is 19.4. The van der Waals surface area contributed by atoms with Crippen LogP contribution in [0.4, 0.5) is 24.8 Å². The van der Waals surface area contributed by atoms with E-state index >= 15 is 0 Å². The average Bonchev–Trinajstić information content (AvgIpc) is 3.18. The van der Waals surface area contributed by atoms with Crippen LogP contribution < -0.4 is 10.6 Å². The van der Waals surface area contributed by atoms with Crippen molar-refractivity contribution in [3.63, 3.8) is 0 Å². The number of ether oxygens (including phenoxy) is 1. The van der Waals surface area contributed by atoms with Gasteiger partial charge in [0.2, 0.25) is 5.95 Å². The predicted molar refractivity (Wildman–Crippen MR) is 133 cm³/mol. The van der Waals surface area contributed by atoms with Crippen molar-refractivity contribution in [2.24, 2.45) is 0 Å². The molecule has 7 nitrogen and oxygen atoms in total.